The molecule has 3 nitrogen and oxygen atoms in total. The number of para-hydroxylation sites is 1. The Bertz CT molecular complexity index is 863. The van der Waals surface area contributed by atoms with Gasteiger partial charge in [-0.2, -0.15) is 0 Å². The number of hydrogen-bond donors (Lipinski definition) is 1. The van der Waals surface area contributed by atoms with Crippen LogP contribution >= 0.6 is 11.6 Å². The molecule has 0 atom stereocenters. The fourth-order valence-corrected chi connectivity index (χ4v) is 2.43. The molecule has 4 rings (SSSR count). The Morgan fingerprint density at radius 2 is 1.55 bits per heavy atom. The fourth-order valence-electron chi connectivity index (χ4n) is 2.26. The lowest BCUT2D eigenvalue weighted by molar-refractivity contribution is 0.0994. The molecule has 0 fully saturated rings. The molecule has 108 valence electrons. The second kappa shape index (κ2) is 6.00. The van der Waals surface area contributed by atoms with Crippen LogP contribution in [0.2, 0.25) is 5.02 Å². The van der Waals surface area contributed by atoms with Crippen LogP contribution in [0.5, 0.6) is 0 Å². The van der Waals surface area contributed by atoms with Gasteiger partial charge >= 0.3 is 0 Å². The first-order chi connectivity index (χ1) is 10.6. The van der Waals surface area contributed by atoms with Crippen molar-refractivity contribution < 1.29 is 9.59 Å². The first-order valence-electron chi connectivity index (χ1n) is 6.73. The van der Waals surface area contributed by atoms with E-state index in [2.05, 4.69) is 23.2 Å². The molecule has 0 saturated heterocycles. The van der Waals surface area contributed by atoms with Crippen LogP contribution in [0.15, 0.2) is 66.9 Å². The summed E-state index contributed by atoms with van der Waals surface area (Å²) >= 11 is 5.70. The highest BCUT2D eigenvalue weighted by atomic mass is 35.5. The topological polar surface area (TPSA) is 49.9 Å². The third-order valence-corrected chi connectivity index (χ3v) is 3.60. The van der Waals surface area contributed by atoms with Crippen molar-refractivity contribution in [3.05, 3.63) is 83.0 Å². The highest BCUT2D eigenvalue weighted by Crippen LogP contribution is 2.20. The molecule has 1 heterocycles. The van der Waals surface area contributed by atoms with E-state index in [1.54, 1.807) is 12.1 Å². The van der Waals surface area contributed by atoms with Crippen LogP contribution < -0.4 is 0 Å². The number of rotatable bonds is 0. The molecule has 3 aromatic rings. The summed E-state index contributed by atoms with van der Waals surface area (Å²) in [6.07, 6.45) is 4.49. The average molecular weight is 310 g/mol. The summed E-state index contributed by atoms with van der Waals surface area (Å²) in [4.78, 5) is 25.7. The average Bonchev–Trinajstić information content (AvgIpc) is 3.00. The molecule has 0 spiro atoms. The van der Waals surface area contributed by atoms with Crippen molar-refractivity contribution in [3.63, 3.8) is 0 Å². The van der Waals surface area contributed by atoms with Gasteiger partial charge in [-0.25, -0.2) is 0 Å². The molecule has 0 aliphatic heterocycles. The van der Waals surface area contributed by atoms with Crippen LogP contribution in [-0.2, 0) is 0 Å². The lowest BCUT2D eigenvalue weighted by atomic mass is 9.95. The molecule has 1 N–H and O–H groups in total. The van der Waals surface area contributed by atoms with E-state index in [4.69, 9.17) is 11.6 Å². The van der Waals surface area contributed by atoms with E-state index in [-0.39, 0.29) is 11.6 Å². The second-order valence-electron chi connectivity index (χ2n) is 4.82. The van der Waals surface area contributed by atoms with Gasteiger partial charge in [-0.05, 0) is 47.9 Å². The zero-order chi connectivity index (χ0) is 15.5. The normalized spacial score (nSPS) is 12.8. The molecule has 1 aliphatic rings. The van der Waals surface area contributed by atoms with Gasteiger partial charge in [0.25, 0.3) is 0 Å². The minimum atomic E-state index is -0.169. The van der Waals surface area contributed by atoms with Gasteiger partial charge in [0.05, 0.1) is 0 Å². The third-order valence-electron chi connectivity index (χ3n) is 3.36. The van der Waals surface area contributed by atoms with E-state index in [1.165, 1.54) is 29.1 Å². The lowest BCUT2D eigenvalue weighted by Crippen LogP contribution is -2.10. The number of carbonyl (C=O) groups excluding carboxylic acids is 2. The second-order valence-corrected chi connectivity index (χ2v) is 5.25. The van der Waals surface area contributed by atoms with E-state index >= 15 is 0 Å². The van der Waals surface area contributed by atoms with E-state index in [0.717, 1.165) is 0 Å². The largest absolute Gasteiger partial charge is 0.361 e. The molecule has 0 saturated carbocycles. The molecule has 4 heteroatoms. The molecule has 22 heavy (non-hydrogen) atoms. The molecule has 1 aromatic heterocycles. The molecule has 0 amide bonds. The van der Waals surface area contributed by atoms with Crippen LogP contribution in [0.1, 0.15) is 20.7 Å². The fraction of sp³-hybridized carbons (Fsp3) is 0. The number of halogens is 1. The summed E-state index contributed by atoms with van der Waals surface area (Å²) in [5.41, 5.74) is 2.02. The summed E-state index contributed by atoms with van der Waals surface area (Å²) in [6, 6.07) is 15.0. The Hall–Kier alpha value is -2.65. The van der Waals surface area contributed by atoms with Crippen LogP contribution in [0, 0.1) is 0 Å². The minimum Gasteiger partial charge on any atom is -0.361 e. The number of H-pyrrole nitrogens is 1. The van der Waals surface area contributed by atoms with Crippen LogP contribution in [0.4, 0.5) is 0 Å². The first kappa shape index (κ1) is 14.3. The van der Waals surface area contributed by atoms with Gasteiger partial charge in [0, 0.05) is 27.9 Å². The van der Waals surface area contributed by atoms with Gasteiger partial charge < -0.3 is 4.98 Å². The van der Waals surface area contributed by atoms with Crippen LogP contribution in [0.3, 0.4) is 0 Å². The summed E-state index contributed by atoms with van der Waals surface area (Å²) in [5, 5.41) is 1.74. The smallest absolute Gasteiger partial charge is 0.186 e. The Kier molecular flexibility index (Phi) is 3.90. The zero-order valence-electron chi connectivity index (χ0n) is 11.5. The number of hydrogen-bond acceptors (Lipinski definition) is 2. The number of ketones is 2. The molecular formula is C18H12ClNO2. The molecule has 0 unspecified atom stereocenters. The van der Waals surface area contributed by atoms with Gasteiger partial charge in [0.2, 0.25) is 0 Å². The van der Waals surface area contributed by atoms with E-state index in [1.807, 2.05) is 18.3 Å². The highest BCUT2D eigenvalue weighted by Gasteiger charge is 2.18. The van der Waals surface area contributed by atoms with Gasteiger partial charge in [0.1, 0.15) is 0 Å². The summed E-state index contributed by atoms with van der Waals surface area (Å²) in [5.74, 6) is -0.316. The maximum absolute atomic E-state index is 11.3. The van der Waals surface area contributed by atoms with Crippen molar-refractivity contribution in [3.8, 4) is 0 Å². The SMILES string of the molecule is O=C1C=CC(=O)c2cc(Cl)ccc21.c1ccc2[nH]ccc2c1. The number of nitrogens with one attached hydrogen (secondary N) is 1. The third kappa shape index (κ3) is 2.85. The number of benzene rings is 2. The minimum absolute atomic E-state index is 0.147. The monoisotopic (exact) mass is 309 g/mol. The van der Waals surface area contributed by atoms with Gasteiger partial charge in [0.15, 0.2) is 11.6 Å². The molecular weight excluding hydrogens is 298 g/mol. The number of allylic oxidation sites excluding steroid dienone is 2. The predicted molar refractivity (Wildman–Crippen MR) is 87.6 cm³/mol. The Labute approximate surface area is 132 Å². The quantitative estimate of drug-likeness (QED) is 0.667. The number of aromatic nitrogens is 1. The van der Waals surface area contributed by atoms with Crippen molar-refractivity contribution in [1.29, 1.82) is 0 Å². The molecule has 0 radical (unpaired) electrons. The van der Waals surface area contributed by atoms with Crippen LogP contribution in [0.25, 0.3) is 10.9 Å². The Morgan fingerprint density at radius 3 is 2.32 bits per heavy atom. The van der Waals surface area contributed by atoms with Crippen molar-refractivity contribution in [2.24, 2.45) is 0 Å². The molecule has 1 aliphatic carbocycles. The van der Waals surface area contributed by atoms with Gasteiger partial charge in [-0.1, -0.05) is 29.8 Å². The van der Waals surface area contributed by atoms with Crippen molar-refractivity contribution >= 4 is 34.1 Å². The van der Waals surface area contributed by atoms with Gasteiger partial charge in [-0.3, -0.25) is 9.59 Å². The van der Waals surface area contributed by atoms with Crippen molar-refractivity contribution in [1.82, 2.24) is 4.98 Å². The molecule has 2 aromatic carbocycles. The highest BCUT2D eigenvalue weighted by molar-refractivity contribution is 6.32. The summed E-state index contributed by atoms with van der Waals surface area (Å²) < 4.78 is 0. The van der Waals surface area contributed by atoms with Gasteiger partial charge in [-0.15, -0.1) is 0 Å². The number of aromatic amines is 1. The maximum atomic E-state index is 11.3. The van der Waals surface area contributed by atoms with E-state index in [0.29, 0.717) is 16.1 Å². The predicted octanol–water partition coefficient (Wildman–Crippen LogP) is 4.44. The Morgan fingerprint density at radius 1 is 0.818 bits per heavy atom. The number of fused-ring (bicyclic) bond motifs is 2. The molecule has 0 bridgehead atoms. The summed E-state index contributed by atoms with van der Waals surface area (Å²) in [6.45, 7) is 0. The van der Waals surface area contributed by atoms with E-state index < -0.39 is 0 Å². The summed E-state index contributed by atoms with van der Waals surface area (Å²) in [7, 11) is 0. The van der Waals surface area contributed by atoms with Crippen molar-refractivity contribution in [2.45, 2.75) is 0 Å². The number of carbonyl (C=O) groups is 2. The maximum Gasteiger partial charge on any atom is 0.186 e. The van der Waals surface area contributed by atoms with Crippen LogP contribution in [-0.4, -0.2) is 16.6 Å². The van der Waals surface area contributed by atoms with E-state index in [9.17, 15) is 9.59 Å². The zero-order valence-corrected chi connectivity index (χ0v) is 12.3. The Balaban J connectivity index is 0.000000139. The lowest BCUT2D eigenvalue weighted by Gasteiger charge is -2.07. The first-order valence-corrected chi connectivity index (χ1v) is 7.11. The standard InChI is InChI=1S/C10H5ClO2.C8H7N/c11-6-1-2-7-8(5-6)10(13)4-3-9(7)12;1-2-4-8-7(3-1)5-6-9-8/h1-5H;1-6,9H. The van der Waals surface area contributed by atoms with Crippen molar-refractivity contribution in [2.75, 3.05) is 0 Å².